The molecule has 92 valence electrons. The van der Waals surface area contributed by atoms with Gasteiger partial charge in [0.25, 0.3) is 0 Å². The van der Waals surface area contributed by atoms with Gasteiger partial charge in [-0.05, 0) is 36.5 Å². The molecule has 0 aliphatic carbocycles. The lowest BCUT2D eigenvalue weighted by molar-refractivity contribution is 0.308. The normalized spacial score (nSPS) is 21.5. The predicted molar refractivity (Wildman–Crippen MR) is 67.3 cm³/mol. The highest BCUT2D eigenvalue weighted by Crippen LogP contribution is 2.23. The van der Waals surface area contributed by atoms with Gasteiger partial charge in [-0.1, -0.05) is 13.5 Å². The van der Waals surface area contributed by atoms with Gasteiger partial charge in [0.1, 0.15) is 6.17 Å². The first-order chi connectivity index (χ1) is 8.16. The number of alkyl halides is 1. The van der Waals surface area contributed by atoms with Crippen molar-refractivity contribution in [2.24, 2.45) is 5.92 Å². The van der Waals surface area contributed by atoms with Crippen molar-refractivity contribution >= 4 is 0 Å². The van der Waals surface area contributed by atoms with Gasteiger partial charge >= 0.3 is 0 Å². The summed E-state index contributed by atoms with van der Waals surface area (Å²) in [6, 6.07) is 4.04. The van der Waals surface area contributed by atoms with Crippen LogP contribution in [-0.2, 0) is 6.42 Å². The average molecular weight is 234 g/mol. The Hall–Kier alpha value is -1.38. The highest BCUT2D eigenvalue weighted by molar-refractivity contribution is 5.14. The molecule has 1 aliphatic heterocycles. The molecule has 2 unspecified atom stereocenters. The first kappa shape index (κ1) is 12.1. The van der Waals surface area contributed by atoms with Crippen LogP contribution in [0.15, 0.2) is 36.8 Å². The second-order valence-corrected chi connectivity index (χ2v) is 4.78. The van der Waals surface area contributed by atoms with Gasteiger partial charge in [0.05, 0.1) is 0 Å². The summed E-state index contributed by atoms with van der Waals surface area (Å²) in [6.45, 7) is 7.58. The van der Waals surface area contributed by atoms with Crippen LogP contribution in [-0.4, -0.2) is 29.1 Å². The van der Waals surface area contributed by atoms with E-state index in [2.05, 4.69) is 23.4 Å². The zero-order valence-corrected chi connectivity index (χ0v) is 10.3. The van der Waals surface area contributed by atoms with Gasteiger partial charge in [-0.2, -0.15) is 0 Å². The van der Waals surface area contributed by atoms with Crippen molar-refractivity contribution in [1.29, 1.82) is 0 Å². The lowest BCUT2D eigenvalue weighted by Gasteiger charge is -2.25. The van der Waals surface area contributed by atoms with Crippen molar-refractivity contribution < 1.29 is 4.39 Å². The summed E-state index contributed by atoms with van der Waals surface area (Å²) in [4.78, 5) is 6.08. The van der Waals surface area contributed by atoms with Crippen molar-refractivity contribution in [3.8, 4) is 0 Å². The first-order valence-electron chi connectivity index (χ1n) is 6.13. The lowest BCUT2D eigenvalue weighted by atomic mass is 9.99. The van der Waals surface area contributed by atoms with E-state index in [-0.39, 0.29) is 0 Å². The minimum atomic E-state index is -0.681. The fourth-order valence-corrected chi connectivity index (χ4v) is 2.28. The van der Waals surface area contributed by atoms with Gasteiger partial charge in [0.2, 0.25) is 0 Å². The molecule has 1 aromatic rings. The molecule has 1 aliphatic rings. The first-order valence-corrected chi connectivity index (χ1v) is 6.13. The Balaban J connectivity index is 1.92. The standard InChI is InChI=1S/C14H19FN2/c1-11(9-13-3-6-16-7-4-13)12(2)17-8-5-14(15)10-17/h3-4,6-7,11,14H,2,5,8-10H2,1H3. The lowest BCUT2D eigenvalue weighted by Crippen LogP contribution is -2.24. The molecule has 17 heavy (non-hydrogen) atoms. The van der Waals surface area contributed by atoms with Crippen molar-refractivity contribution in [3.63, 3.8) is 0 Å². The van der Waals surface area contributed by atoms with Crippen LogP contribution >= 0.6 is 0 Å². The molecule has 1 saturated heterocycles. The zero-order valence-electron chi connectivity index (χ0n) is 10.3. The molecule has 2 rings (SSSR count). The maximum atomic E-state index is 13.1. The second-order valence-electron chi connectivity index (χ2n) is 4.78. The maximum absolute atomic E-state index is 13.1. The van der Waals surface area contributed by atoms with Crippen molar-refractivity contribution in [1.82, 2.24) is 9.88 Å². The van der Waals surface area contributed by atoms with E-state index in [0.717, 1.165) is 18.7 Å². The molecule has 0 radical (unpaired) electrons. The number of rotatable bonds is 4. The van der Waals surface area contributed by atoms with Gasteiger partial charge in [0.15, 0.2) is 0 Å². The number of halogens is 1. The van der Waals surface area contributed by atoms with E-state index in [4.69, 9.17) is 0 Å². The third-order valence-electron chi connectivity index (χ3n) is 3.40. The minimum Gasteiger partial charge on any atom is -0.372 e. The third kappa shape index (κ3) is 3.05. The monoisotopic (exact) mass is 234 g/mol. The molecule has 0 spiro atoms. The summed E-state index contributed by atoms with van der Waals surface area (Å²) in [7, 11) is 0. The fourth-order valence-electron chi connectivity index (χ4n) is 2.28. The molecule has 0 aromatic carbocycles. The van der Waals surface area contributed by atoms with E-state index in [1.807, 2.05) is 12.1 Å². The molecule has 2 nitrogen and oxygen atoms in total. The molecule has 1 aromatic heterocycles. The van der Waals surface area contributed by atoms with Crippen molar-refractivity contribution in [3.05, 3.63) is 42.4 Å². The molecule has 1 fully saturated rings. The van der Waals surface area contributed by atoms with Crippen LogP contribution in [0.5, 0.6) is 0 Å². The molecular formula is C14H19FN2. The molecule has 2 heterocycles. The van der Waals surface area contributed by atoms with Crippen LogP contribution in [0.4, 0.5) is 4.39 Å². The van der Waals surface area contributed by atoms with Gasteiger partial charge in [-0.25, -0.2) is 4.39 Å². The SMILES string of the molecule is C=C(C(C)Cc1ccncc1)N1CCC(F)C1. The van der Waals surface area contributed by atoms with Gasteiger partial charge < -0.3 is 4.90 Å². The van der Waals surface area contributed by atoms with Gasteiger partial charge in [-0.15, -0.1) is 0 Å². The molecule has 3 heteroatoms. The van der Waals surface area contributed by atoms with Crippen molar-refractivity contribution in [2.75, 3.05) is 13.1 Å². The molecule has 2 atom stereocenters. The number of hydrogen-bond acceptors (Lipinski definition) is 2. The Labute approximate surface area is 102 Å². The number of nitrogens with zero attached hydrogens (tertiary/aromatic N) is 2. The Bertz CT molecular complexity index is 377. The smallest absolute Gasteiger partial charge is 0.119 e. The Morgan fingerprint density at radius 2 is 2.29 bits per heavy atom. The molecular weight excluding hydrogens is 215 g/mol. The fraction of sp³-hybridized carbons (Fsp3) is 0.500. The number of pyridine rings is 1. The topological polar surface area (TPSA) is 16.1 Å². The zero-order chi connectivity index (χ0) is 12.3. The van der Waals surface area contributed by atoms with Crippen LogP contribution < -0.4 is 0 Å². The maximum Gasteiger partial charge on any atom is 0.119 e. The summed E-state index contributed by atoms with van der Waals surface area (Å²) in [5.74, 6) is 0.350. The van der Waals surface area contributed by atoms with Gasteiger partial charge in [-0.3, -0.25) is 4.98 Å². The van der Waals surface area contributed by atoms with E-state index in [0.29, 0.717) is 18.9 Å². The third-order valence-corrected chi connectivity index (χ3v) is 3.40. The molecule has 0 N–H and O–H groups in total. The van der Waals surface area contributed by atoms with Crippen molar-refractivity contribution in [2.45, 2.75) is 25.9 Å². The molecule has 0 bridgehead atoms. The Morgan fingerprint density at radius 1 is 1.59 bits per heavy atom. The largest absolute Gasteiger partial charge is 0.372 e. The number of likely N-dealkylation sites (tertiary alicyclic amines) is 1. The molecule has 0 amide bonds. The van der Waals surface area contributed by atoms with Crippen LogP contribution in [0.3, 0.4) is 0 Å². The summed E-state index contributed by atoms with van der Waals surface area (Å²) in [6.07, 6.45) is 4.51. The van der Waals surface area contributed by atoms with E-state index >= 15 is 0 Å². The van der Waals surface area contributed by atoms with Crippen LogP contribution in [0.2, 0.25) is 0 Å². The van der Waals surface area contributed by atoms with E-state index in [1.54, 1.807) is 12.4 Å². The van der Waals surface area contributed by atoms with E-state index in [9.17, 15) is 4.39 Å². The number of aromatic nitrogens is 1. The highest BCUT2D eigenvalue weighted by Gasteiger charge is 2.24. The summed E-state index contributed by atoms with van der Waals surface area (Å²) in [5, 5.41) is 0. The highest BCUT2D eigenvalue weighted by atomic mass is 19.1. The second kappa shape index (κ2) is 5.30. The minimum absolute atomic E-state index is 0.350. The van der Waals surface area contributed by atoms with E-state index in [1.165, 1.54) is 5.56 Å². The van der Waals surface area contributed by atoms with Crippen LogP contribution in [0, 0.1) is 5.92 Å². The van der Waals surface area contributed by atoms with Crippen LogP contribution in [0.25, 0.3) is 0 Å². The number of allylic oxidation sites excluding steroid dienone is 1. The van der Waals surface area contributed by atoms with Crippen LogP contribution in [0.1, 0.15) is 18.9 Å². The van der Waals surface area contributed by atoms with Gasteiger partial charge in [0, 0.05) is 31.2 Å². The predicted octanol–water partition coefficient (Wildman–Crippen LogP) is 2.82. The number of hydrogen-bond donors (Lipinski definition) is 0. The summed E-state index contributed by atoms with van der Waals surface area (Å²) in [5.41, 5.74) is 2.31. The van der Waals surface area contributed by atoms with E-state index < -0.39 is 6.17 Å². The molecule has 0 saturated carbocycles. The summed E-state index contributed by atoms with van der Waals surface area (Å²) < 4.78 is 13.1. The summed E-state index contributed by atoms with van der Waals surface area (Å²) >= 11 is 0. The average Bonchev–Trinajstić information content (AvgIpc) is 2.76. The Morgan fingerprint density at radius 3 is 2.88 bits per heavy atom. The Kier molecular flexibility index (Phi) is 3.77. The quantitative estimate of drug-likeness (QED) is 0.796.